The highest BCUT2D eigenvalue weighted by Gasteiger charge is 2.28. The number of hydrogen-bond acceptors (Lipinski definition) is 4. The first kappa shape index (κ1) is 14.9. The topological polar surface area (TPSA) is 58.9 Å². The van der Waals surface area contributed by atoms with E-state index < -0.39 is 0 Å². The van der Waals surface area contributed by atoms with Gasteiger partial charge >= 0.3 is 0 Å². The average molecular weight is 324 g/mol. The summed E-state index contributed by atoms with van der Waals surface area (Å²) in [5.41, 5.74) is 2.26. The fourth-order valence-electron chi connectivity index (χ4n) is 3.35. The molecule has 4 rings (SSSR count). The number of aromatic hydroxyl groups is 2. The predicted molar refractivity (Wildman–Crippen MR) is 91.9 cm³/mol. The fourth-order valence-corrected chi connectivity index (χ4v) is 3.35. The summed E-state index contributed by atoms with van der Waals surface area (Å²) in [5, 5.41) is 20.3. The molecule has 2 aromatic carbocycles. The summed E-state index contributed by atoms with van der Waals surface area (Å²) >= 11 is 0. The molecule has 0 saturated heterocycles. The number of phenols is 2. The lowest BCUT2D eigenvalue weighted by Gasteiger charge is -2.30. The van der Waals surface area contributed by atoms with E-state index in [1.165, 1.54) is 0 Å². The van der Waals surface area contributed by atoms with Gasteiger partial charge in [-0.1, -0.05) is 12.1 Å². The summed E-state index contributed by atoms with van der Waals surface area (Å²) in [4.78, 5) is 0. The first-order valence-corrected chi connectivity index (χ1v) is 8.12. The van der Waals surface area contributed by atoms with Gasteiger partial charge in [-0.25, -0.2) is 0 Å². The van der Waals surface area contributed by atoms with E-state index in [2.05, 4.69) is 0 Å². The third-order valence-corrected chi connectivity index (χ3v) is 4.63. The molecule has 0 unspecified atom stereocenters. The van der Waals surface area contributed by atoms with Crippen LogP contribution in [0.4, 0.5) is 0 Å². The second kappa shape index (κ2) is 5.20. The van der Waals surface area contributed by atoms with Gasteiger partial charge in [-0.05, 0) is 50.1 Å². The summed E-state index contributed by atoms with van der Waals surface area (Å²) in [6.45, 7) is 4.44. The standard InChI is InChI=1S/C20H20O4/c1-20(2)8-7-16-17(24-20)6-5-15(19(16)22)13-9-12-3-4-14(21)10-18(12)23-11-13/h3-8,10,13,21-22H,9,11H2,1-2H3/t13-/m1/s1. The van der Waals surface area contributed by atoms with E-state index in [4.69, 9.17) is 9.47 Å². The van der Waals surface area contributed by atoms with Gasteiger partial charge in [0.25, 0.3) is 0 Å². The molecule has 0 fully saturated rings. The van der Waals surface area contributed by atoms with Gasteiger partial charge in [-0.15, -0.1) is 0 Å². The zero-order chi connectivity index (χ0) is 16.9. The van der Waals surface area contributed by atoms with Gasteiger partial charge in [0, 0.05) is 17.5 Å². The van der Waals surface area contributed by atoms with Crippen LogP contribution in [0.5, 0.6) is 23.0 Å². The van der Waals surface area contributed by atoms with Crippen LogP contribution in [0.2, 0.25) is 0 Å². The van der Waals surface area contributed by atoms with Crippen molar-refractivity contribution in [2.75, 3.05) is 6.61 Å². The van der Waals surface area contributed by atoms with Gasteiger partial charge in [-0.2, -0.15) is 0 Å². The summed E-state index contributed by atoms with van der Waals surface area (Å²) in [7, 11) is 0. The lowest BCUT2D eigenvalue weighted by atomic mass is 9.87. The molecule has 2 heterocycles. The molecule has 2 aliphatic rings. The fraction of sp³-hybridized carbons (Fsp3) is 0.300. The minimum atomic E-state index is -0.365. The molecule has 0 spiro atoms. The van der Waals surface area contributed by atoms with Crippen LogP contribution in [0.3, 0.4) is 0 Å². The number of phenolic OH excluding ortho intramolecular Hbond substituents is 2. The average Bonchev–Trinajstić information content (AvgIpc) is 2.54. The van der Waals surface area contributed by atoms with Crippen LogP contribution in [-0.4, -0.2) is 22.4 Å². The van der Waals surface area contributed by atoms with Crippen molar-refractivity contribution in [1.29, 1.82) is 0 Å². The third-order valence-electron chi connectivity index (χ3n) is 4.63. The zero-order valence-electron chi connectivity index (χ0n) is 13.7. The molecule has 124 valence electrons. The summed E-state index contributed by atoms with van der Waals surface area (Å²) in [6, 6.07) is 9.01. The van der Waals surface area contributed by atoms with E-state index in [1.54, 1.807) is 12.1 Å². The number of rotatable bonds is 1. The Morgan fingerprint density at radius 1 is 1.08 bits per heavy atom. The van der Waals surface area contributed by atoms with Crippen molar-refractivity contribution >= 4 is 6.08 Å². The number of fused-ring (bicyclic) bond motifs is 2. The molecule has 0 aromatic heterocycles. The Morgan fingerprint density at radius 2 is 1.92 bits per heavy atom. The minimum absolute atomic E-state index is 0.0654. The number of hydrogen-bond donors (Lipinski definition) is 2. The lowest BCUT2D eigenvalue weighted by molar-refractivity contribution is 0.158. The van der Waals surface area contributed by atoms with Crippen LogP contribution in [0.1, 0.15) is 36.5 Å². The second-order valence-electron chi connectivity index (χ2n) is 6.96. The monoisotopic (exact) mass is 324 g/mol. The highest BCUT2D eigenvalue weighted by atomic mass is 16.5. The Kier molecular flexibility index (Phi) is 3.23. The third kappa shape index (κ3) is 2.48. The highest BCUT2D eigenvalue weighted by molar-refractivity contribution is 5.69. The first-order chi connectivity index (χ1) is 11.4. The molecule has 4 heteroatoms. The predicted octanol–water partition coefficient (Wildman–Crippen LogP) is 4.00. The van der Waals surface area contributed by atoms with Gasteiger partial charge < -0.3 is 19.7 Å². The quantitative estimate of drug-likeness (QED) is 0.832. The molecule has 0 amide bonds. The lowest BCUT2D eigenvalue weighted by Crippen LogP contribution is -2.27. The molecule has 0 aliphatic carbocycles. The Balaban J connectivity index is 1.68. The van der Waals surface area contributed by atoms with E-state index in [0.29, 0.717) is 18.1 Å². The first-order valence-electron chi connectivity index (χ1n) is 8.12. The molecule has 2 aromatic rings. The molecule has 0 saturated carbocycles. The Hall–Kier alpha value is -2.62. The van der Waals surface area contributed by atoms with E-state index in [1.807, 2.05) is 44.2 Å². The van der Waals surface area contributed by atoms with E-state index in [0.717, 1.165) is 23.1 Å². The summed E-state index contributed by atoms with van der Waals surface area (Å²) in [5.74, 6) is 1.94. The molecule has 4 nitrogen and oxygen atoms in total. The van der Waals surface area contributed by atoms with Crippen molar-refractivity contribution < 1.29 is 19.7 Å². The van der Waals surface area contributed by atoms with Gasteiger partial charge in [0.05, 0.1) is 12.2 Å². The molecule has 2 N–H and O–H groups in total. The maximum absolute atomic E-state index is 10.7. The maximum Gasteiger partial charge on any atom is 0.131 e. The minimum Gasteiger partial charge on any atom is -0.508 e. The maximum atomic E-state index is 10.7. The zero-order valence-corrected chi connectivity index (χ0v) is 13.7. The number of benzene rings is 2. The Morgan fingerprint density at radius 3 is 2.75 bits per heavy atom. The highest BCUT2D eigenvalue weighted by Crippen LogP contribution is 2.43. The second-order valence-corrected chi connectivity index (χ2v) is 6.96. The Bertz CT molecular complexity index is 836. The summed E-state index contributed by atoms with van der Waals surface area (Å²) < 4.78 is 11.7. The van der Waals surface area contributed by atoms with Crippen molar-refractivity contribution in [3.05, 3.63) is 53.1 Å². The van der Waals surface area contributed by atoms with Gasteiger partial charge in [0.15, 0.2) is 0 Å². The van der Waals surface area contributed by atoms with Crippen LogP contribution in [-0.2, 0) is 6.42 Å². The SMILES string of the molecule is CC1(C)C=Cc2c(ccc([C@H]3COc4cc(O)ccc4C3)c2O)O1. The van der Waals surface area contributed by atoms with Crippen molar-refractivity contribution in [2.45, 2.75) is 31.8 Å². The summed E-state index contributed by atoms with van der Waals surface area (Å²) in [6.07, 6.45) is 4.64. The van der Waals surface area contributed by atoms with E-state index in [-0.39, 0.29) is 23.0 Å². The van der Waals surface area contributed by atoms with Crippen molar-refractivity contribution in [1.82, 2.24) is 0 Å². The van der Waals surface area contributed by atoms with Crippen molar-refractivity contribution in [2.24, 2.45) is 0 Å². The number of ether oxygens (including phenoxy) is 2. The molecular formula is C20H20O4. The van der Waals surface area contributed by atoms with Gasteiger partial charge in [0.1, 0.15) is 28.6 Å². The molecular weight excluding hydrogens is 304 g/mol. The van der Waals surface area contributed by atoms with Gasteiger partial charge in [-0.3, -0.25) is 0 Å². The van der Waals surface area contributed by atoms with E-state index >= 15 is 0 Å². The molecule has 1 atom stereocenters. The Labute approximate surface area is 141 Å². The van der Waals surface area contributed by atoms with Gasteiger partial charge in [0.2, 0.25) is 0 Å². The van der Waals surface area contributed by atoms with Crippen molar-refractivity contribution in [3.8, 4) is 23.0 Å². The van der Waals surface area contributed by atoms with Crippen LogP contribution >= 0.6 is 0 Å². The van der Waals surface area contributed by atoms with Crippen LogP contribution in [0.25, 0.3) is 6.08 Å². The molecule has 0 radical (unpaired) electrons. The van der Waals surface area contributed by atoms with Crippen LogP contribution in [0, 0.1) is 0 Å². The molecule has 2 aliphatic heterocycles. The smallest absolute Gasteiger partial charge is 0.131 e. The van der Waals surface area contributed by atoms with E-state index in [9.17, 15) is 10.2 Å². The molecule has 0 bridgehead atoms. The van der Waals surface area contributed by atoms with Crippen molar-refractivity contribution in [3.63, 3.8) is 0 Å². The normalized spacial score (nSPS) is 20.5. The largest absolute Gasteiger partial charge is 0.508 e. The van der Waals surface area contributed by atoms with Crippen LogP contribution in [0.15, 0.2) is 36.4 Å². The molecule has 24 heavy (non-hydrogen) atoms. The van der Waals surface area contributed by atoms with Crippen LogP contribution < -0.4 is 9.47 Å².